The summed E-state index contributed by atoms with van der Waals surface area (Å²) in [6.45, 7) is 6.15. The number of alkyl halides is 1. The quantitative estimate of drug-likeness (QED) is 0.433. The minimum Gasteiger partial charge on any atom is -0.303 e. The predicted octanol–water partition coefficient (Wildman–Crippen LogP) is 3.13. The van der Waals surface area contributed by atoms with Gasteiger partial charge in [-0.25, -0.2) is 0 Å². The van der Waals surface area contributed by atoms with Gasteiger partial charge in [-0.05, 0) is 51.1 Å². The fourth-order valence-corrected chi connectivity index (χ4v) is 1.90. The van der Waals surface area contributed by atoms with Gasteiger partial charge in [0.25, 0.3) is 0 Å². The van der Waals surface area contributed by atoms with Crippen LogP contribution in [-0.2, 0) is 0 Å². The molecule has 0 atom stereocenters. The molecule has 1 aliphatic rings. The summed E-state index contributed by atoms with van der Waals surface area (Å²) in [6, 6.07) is 0. The van der Waals surface area contributed by atoms with E-state index in [1.165, 1.54) is 51.7 Å². The highest BCUT2D eigenvalue weighted by Gasteiger charge is 2.23. The Hall–Kier alpha value is 0.250. The molecular formula is C11H22ClN. The van der Waals surface area contributed by atoms with Crippen molar-refractivity contribution >= 4 is 11.6 Å². The molecule has 0 saturated heterocycles. The summed E-state index contributed by atoms with van der Waals surface area (Å²) >= 11 is 5.66. The molecular weight excluding hydrogens is 182 g/mol. The van der Waals surface area contributed by atoms with E-state index in [1.807, 2.05) is 0 Å². The molecule has 1 aliphatic carbocycles. The van der Waals surface area contributed by atoms with Gasteiger partial charge in [-0.2, -0.15) is 0 Å². The first-order valence-electron chi connectivity index (χ1n) is 5.65. The van der Waals surface area contributed by atoms with Crippen molar-refractivity contribution < 1.29 is 0 Å². The van der Waals surface area contributed by atoms with E-state index in [9.17, 15) is 0 Å². The molecule has 1 nitrogen and oxygen atoms in total. The predicted molar refractivity (Wildman–Crippen MR) is 59.4 cm³/mol. The van der Waals surface area contributed by atoms with Crippen molar-refractivity contribution in [3.63, 3.8) is 0 Å². The zero-order valence-electron chi connectivity index (χ0n) is 8.77. The van der Waals surface area contributed by atoms with Crippen molar-refractivity contribution in [1.82, 2.24) is 4.90 Å². The Labute approximate surface area is 87.4 Å². The Bertz CT molecular complexity index is 123. The van der Waals surface area contributed by atoms with Crippen LogP contribution in [0.1, 0.15) is 39.0 Å². The maximum absolute atomic E-state index is 5.66. The molecule has 0 radical (unpaired) electrons. The van der Waals surface area contributed by atoms with E-state index in [4.69, 9.17) is 11.6 Å². The fourth-order valence-electron chi connectivity index (χ4n) is 1.71. The molecule has 1 rings (SSSR count). The molecule has 78 valence electrons. The largest absolute Gasteiger partial charge is 0.303 e. The molecule has 13 heavy (non-hydrogen) atoms. The molecule has 0 amide bonds. The van der Waals surface area contributed by atoms with Gasteiger partial charge in [0.1, 0.15) is 0 Å². The standard InChI is InChI=1S/C11H22ClN/c1-2-8-13(9-4-3-7-12)10-11-5-6-11/h11H,2-10H2,1H3. The Kier molecular flexibility index (Phi) is 5.81. The Balaban J connectivity index is 2.04. The maximum atomic E-state index is 5.66. The highest BCUT2D eigenvalue weighted by atomic mass is 35.5. The normalized spacial score (nSPS) is 16.8. The lowest BCUT2D eigenvalue weighted by atomic mass is 10.2. The molecule has 0 bridgehead atoms. The van der Waals surface area contributed by atoms with E-state index in [-0.39, 0.29) is 0 Å². The van der Waals surface area contributed by atoms with Crippen molar-refractivity contribution in [1.29, 1.82) is 0 Å². The number of hydrogen-bond acceptors (Lipinski definition) is 1. The van der Waals surface area contributed by atoms with Gasteiger partial charge in [0.15, 0.2) is 0 Å². The summed E-state index contributed by atoms with van der Waals surface area (Å²) < 4.78 is 0. The van der Waals surface area contributed by atoms with Gasteiger partial charge >= 0.3 is 0 Å². The number of halogens is 1. The van der Waals surface area contributed by atoms with E-state index in [0.717, 1.165) is 11.8 Å². The average molecular weight is 204 g/mol. The van der Waals surface area contributed by atoms with Crippen LogP contribution in [-0.4, -0.2) is 30.4 Å². The van der Waals surface area contributed by atoms with Gasteiger partial charge in [0.2, 0.25) is 0 Å². The highest BCUT2D eigenvalue weighted by molar-refractivity contribution is 6.17. The first-order valence-corrected chi connectivity index (χ1v) is 6.18. The molecule has 0 heterocycles. The third-order valence-corrected chi connectivity index (χ3v) is 2.88. The summed E-state index contributed by atoms with van der Waals surface area (Å²) in [4.78, 5) is 2.62. The molecule has 2 heteroatoms. The van der Waals surface area contributed by atoms with Crippen LogP contribution in [0, 0.1) is 5.92 Å². The monoisotopic (exact) mass is 203 g/mol. The number of hydrogen-bond donors (Lipinski definition) is 0. The van der Waals surface area contributed by atoms with E-state index < -0.39 is 0 Å². The van der Waals surface area contributed by atoms with Crippen LogP contribution in [0.2, 0.25) is 0 Å². The SMILES string of the molecule is CCCN(CCCCCl)CC1CC1. The van der Waals surface area contributed by atoms with Crippen LogP contribution in [0.15, 0.2) is 0 Å². The van der Waals surface area contributed by atoms with E-state index >= 15 is 0 Å². The summed E-state index contributed by atoms with van der Waals surface area (Å²) in [6.07, 6.45) is 6.67. The van der Waals surface area contributed by atoms with Crippen molar-refractivity contribution in [3.05, 3.63) is 0 Å². The van der Waals surface area contributed by atoms with Crippen LogP contribution in [0.3, 0.4) is 0 Å². The summed E-state index contributed by atoms with van der Waals surface area (Å²) in [5.74, 6) is 1.85. The lowest BCUT2D eigenvalue weighted by molar-refractivity contribution is 0.259. The van der Waals surface area contributed by atoms with Crippen LogP contribution < -0.4 is 0 Å². The molecule has 0 spiro atoms. The Morgan fingerprint density at radius 1 is 1.23 bits per heavy atom. The van der Waals surface area contributed by atoms with E-state index in [2.05, 4.69) is 11.8 Å². The first kappa shape index (κ1) is 11.3. The van der Waals surface area contributed by atoms with Crippen molar-refractivity contribution in [2.24, 2.45) is 5.92 Å². The summed E-state index contributed by atoms with van der Waals surface area (Å²) in [5, 5.41) is 0. The zero-order chi connectivity index (χ0) is 9.52. The Morgan fingerprint density at radius 2 is 2.00 bits per heavy atom. The van der Waals surface area contributed by atoms with E-state index in [0.29, 0.717) is 0 Å². The van der Waals surface area contributed by atoms with Gasteiger partial charge in [0, 0.05) is 12.4 Å². The minimum atomic E-state index is 0.823. The van der Waals surface area contributed by atoms with Gasteiger partial charge in [-0.3, -0.25) is 0 Å². The van der Waals surface area contributed by atoms with Gasteiger partial charge in [0.05, 0.1) is 0 Å². The molecule has 0 unspecified atom stereocenters. The first-order chi connectivity index (χ1) is 6.36. The second-order valence-electron chi connectivity index (χ2n) is 4.14. The summed E-state index contributed by atoms with van der Waals surface area (Å²) in [7, 11) is 0. The number of rotatable bonds is 8. The second-order valence-corrected chi connectivity index (χ2v) is 4.52. The summed E-state index contributed by atoms with van der Waals surface area (Å²) in [5.41, 5.74) is 0. The molecule has 0 aromatic rings. The Morgan fingerprint density at radius 3 is 2.54 bits per heavy atom. The third kappa shape index (κ3) is 5.53. The second kappa shape index (κ2) is 6.67. The topological polar surface area (TPSA) is 3.24 Å². The van der Waals surface area contributed by atoms with Crippen molar-refractivity contribution in [2.45, 2.75) is 39.0 Å². The average Bonchev–Trinajstić information content (AvgIpc) is 2.89. The van der Waals surface area contributed by atoms with Crippen molar-refractivity contribution in [3.8, 4) is 0 Å². The molecule has 1 saturated carbocycles. The van der Waals surface area contributed by atoms with Crippen LogP contribution in [0.25, 0.3) is 0 Å². The van der Waals surface area contributed by atoms with E-state index in [1.54, 1.807) is 0 Å². The van der Waals surface area contributed by atoms with Gasteiger partial charge in [-0.1, -0.05) is 6.92 Å². The lowest BCUT2D eigenvalue weighted by Gasteiger charge is -2.21. The van der Waals surface area contributed by atoms with Gasteiger partial charge < -0.3 is 4.90 Å². The highest BCUT2D eigenvalue weighted by Crippen LogP contribution is 2.29. The lowest BCUT2D eigenvalue weighted by Crippen LogP contribution is -2.28. The van der Waals surface area contributed by atoms with Gasteiger partial charge in [-0.15, -0.1) is 11.6 Å². The smallest absolute Gasteiger partial charge is 0.0223 e. The fraction of sp³-hybridized carbons (Fsp3) is 1.00. The molecule has 0 aromatic heterocycles. The minimum absolute atomic E-state index is 0.823. The third-order valence-electron chi connectivity index (χ3n) is 2.61. The zero-order valence-corrected chi connectivity index (χ0v) is 9.52. The molecule has 0 aromatic carbocycles. The maximum Gasteiger partial charge on any atom is 0.0223 e. The van der Waals surface area contributed by atoms with Crippen LogP contribution >= 0.6 is 11.6 Å². The van der Waals surface area contributed by atoms with Crippen molar-refractivity contribution in [2.75, 3.05) is 25.5 Å². The number of nitrogens with zero attached hydrogens (tertiary/aromatic N) is 1. The molecule has 0 N–H and O–H groups in total. The molecule has 0 aliphatic heterocycles. The van der Waals surface area contributed by atoms with Crippen LogP contribution in [0.4, 0.5) is 0 Å². The van der Waals surface area contributed by atoms with Crippen LogP contribution in [0.5, 0.6) is 0 Å². The number of unbranched alkanes of at least 4 members (excludes halogenated alkanes) is 1. The molecule has 1 fully saturated rings.